The first-order valence-electron chi connectivity index (χ1n) is 8.15. The Kier molecular flexibility index (Phi) is 3.72. The highest BCUT2D eigenvalue weighted by molar-refractivity contribution is 8.01. The van der Waals surface area contributed by atoms with Crippen molar-refractivity contribution in [1.82, 2.24) is 9.88 Å². The molecule has 2 aliphatic heterocycles. The van der Waals surface area contributed by atoms with Crippen LogP contribution in [0.1, 0.15) is 37.1 Å². The second kappa shape index (κ2) is 5.56. The van der Waals surface area contributed by atoms with Crippen molar-refractivity contribution in [1.29, 1.82) is 0 Å². The maximum absolute atomic E-state index is 6.11. The van der Waals surface area contributed by atoms with Crippen molar-refractivity contribution < 1.29 is 4.74 Å². The first-order valence-corrected chi connectivity index (χ1v) is 9.13. The predicted molar refractivity (Wildman–Crippen MR) is 86.6 cm³/mol. The van der Waals surface area contributed by atoms with Crippen LogP contribution >= 0.6 is 11.8 Å². The molecule has 1 spiro atoms. The second-order valence-corrected chi connectivity index (χ2v) is 8.38. The van der Waals surface area contributed by atoms with Gasteiger partial charge in [0.05, 0.1) is 18.4 Å². The second-order valence-electron chi connectivity index (χ2n) is 6.89. The summed E-state index contributed by atoms with van der Waals surface area (Å²) in [5.41, 5.74) is 2.13. The summed E-state index contributed by atoms with van der Waals surface area (Å²) in [7, 11) is 0. The van der Waals surface area contributed by atoms with E-state index in [1.165, 1.54) is 38.8 Å². The summed E-state index contributed by atoms with van der Waals surface area (Å²) in [6, 6.07) is 7.07. The third-order valence-corrected chi connectivity index (χ3v) is 6.74. The molecule has 21 heavy (non-hydrogen) atoms. The van der Waals surface area contributed by atoms with Gasteiger partial charge in [0.1, 0.15) is 0 Å². The lowest BCUT2D eigenvalue weighted by atomic mass is 9.84. The Morgan fingerprint density at radius 2 is 2.24 bits per heavy atom. The van der Waals surface area contributed by atoms with Crippen molar-refractivity contribution in [2.75, 3.05) is 18.8 Å². The fraction of sp³-hybridized carbons (Fsp3) is 0.706. The Morgan fingerprint density at radius 3 is 2.95 bits per heavy atom. The van der Waals surface area contributed by atoms with E-state index in [2.05, 4.69) is 33.8 Å². The van der Waals surface area contributed by atoms with Gasteiger partial charge in [-0.05, 0) is 38.3 Å². The highest BCUT2D eigenvalue weighted by atomic mass is 32.2. The van der Waals surface area contributed by atoms with E-state index in [0.29, 0.717) is 17.5 Å². The molecule has 4 heteroatoms. The van der Waals surface area contributed by atoms with Gasteiger partial charge in [-0.1, -0.05) is 12.5 Å². The molecule has 3 nitrogen and oxygen atoms in total. The zero-order valence-electron chi connectivity index (χ0n) is 12.8. The minimum Gasteiger partial charge on any atom is -0.371 e. The molecule has 1 aromatic heterocycles. The van der Waals surface area contributed by atoms with Gasteiger partial charge in [-0.2, -0.15) is 0 Å². The molecular weight excluding hydrogens is 280 g/mol. The molecule has 0 unspecified atom stereocenters. The number of rotatable bonds is 4. The number of ether oxygens (including phenoxy) is 1. The summed E-state index contributed by atoms with van der Waals surface area (Å²) in [6.45, 7) is 5.29. The van der Waals surface area contributed by atoms with E-state index in [4.69, 9.17) is 4.74 Å². The number of likely N-dealkylation sites (tertiary alicyclic amines) is 1. The first kappa shape index (κ1) is 14.0. The van der Waals surface area contributed by atoms with Gasteiger partial charge < -0.3 is 4.74 Å². The molecule has 0 N–H and O–H groups in total. The number of aryl methyl sites for hydroxylation is 1. The summed E-state index contributed by atoms with van der Waals surface area (Å²) in [4.78, 5) is 7.21. The Morgan fingerprint density at radius 1 is 1.38 bits per heavy atom. The van der Waals surface area contributed by atoms with Crippen LogP contribution in [0.15, 0.2) is 18.2 Å². The van der Waals surface area contributed by atoms with Gasteiger partial charge in [0.25, 0.3) is 0 Å². The summed E-state index contributed by atoms with van der Waals surface area (Å²) in [5.74, 6) is 1.16. The predicted octanol–water partition coefficient (Wildman–Crippen LogP) is 3.02. The topological polar surface area (TPSA) is 25.4 Å². The molecule has 1 aromatic rings. The molecule has 1 saturated carbocycles. The lowest BCUT2D eigenvalue weighted by Crippen LogP contribution is -2.63. The maximum atomic E-state index is 6.11. The van der Waals surface area contributed by atoms with Crippen LogP contribution in [0.3, 0.4) is 0 Å². The van der Waals surface area contributed by atoms with Gasteiger partial charge in [0.2, 0.25) is 0 Å². The van der Waals surface area contributed by atoms with Gasteiger partial charge in [0, 0.05) is 35.3 Å². The average molecular weight is 304 g/mol. The van der Waals surface area contributed by atoms with Crippen molar-refractivity contribution in [3.63, 3.8) is 0 Å². The van der Waals surface area contributed by atoms with Crippen LogP contribution in [0, 0.1) is 6.92 Å². The lowest BCUT2D eigenvalue weighted by molar-refractivity contribution is -0.000251. The fourth-order valence-corrected chi connectivity index (χ4v) is 5.29. The zero-order valence-corrected chi connectivity index (χ0v) is 13.6. The largest absolute Gasteiger partial charge is 0.371 e. The van der Waals surface area contributed by atoms with Crippen LogP contribution < -0.4 is 0 Å². The van der Waals surface area contributed by atoms with E-state index in [9.17, 15) is 0 Å². The summed E-state index contributed by atoms with van der Waals surface area (Å²) in [6.07, 6.45) is 5.95. The molecule has 0 amide bonds. The number of pyridine rings is 1. The van der Waals surface area contributed by atoms with E-state index in [1.54, 1.807) is 0 Å². The minimum atomic E-state index is 0.417. The Bertz CT molecular complexity index is 511. The third-order valence-electron chi connectivity index (χ3n) is 5.16. The molecule has 114 valence electrons. The van der Waals surface area contributed by atoms with E-state index in [-0.39, 0.29) is 0 Å². The number of aromatic nitrogens is 1. The van der Waals surface area contributed by atoms with Crippen LogP contribution in [-0.4, -0.2) is 45.6 Å². The van der Waals surface area contributed by atoms with E-state index in [0.717, 1.165) is 23.2 Å². The Hall–Kier alpha value is -0.580. The summed E-state index contributed by atoms with van der Waals surface area (Å²) >= 11 is 2.15. The molecule has 3 aliphatic rings. The molecule has 0 aromatic carbocycles. The van der Waals surface area contributed by atoms with E-state index in [1.807, 2.05) is 13.0 Å². The Balaban J connectivity index is 1.25. The standard InChI is InChI=1S/C17H24N2OS/c1-13-4-2-5-14(18-13)9-20-16-8-17(21-10-16)11-19(12-17)15-6-3-7-15/h2,4-5,15-16H,3,6-12H2,1H3/t16-/m0/s1. The number of thioether (sulfide) groups is 1. The monoisotopic (exact) mass is 304 g/mol. The van der Waals surface area contributed by atoms with Crippen molar-refractivity contribution in [3.8, 4) is 0 Å². The van der Waals surface area contributed by atoms with Crippen LogP contribution in [0.5, 0.6) is 0 Å². The minimum absolute atomic E-state index is 0.417. The zero-order chi connectivity index (χ0) is 14.3. The molecule has 0 radical (unpaired) electrons. The van der Waals surface area contributed by atoms with Crippen LogP contribution in [0.4, 0.5) is 0 Å². The smallest absolute Gasteiger partial charge is 0.0892 e. The number of hydrogen-bond acceptors (Lipinski definition) is 4. The molecule has 4 rings (SSSR count). The molecular formula is C17H24N2OS. The highest BCUT2D eigenvalue weighted by Crippen LogP contribution is 2.48. The molecule has 3 heterocycles. The molecule has 1 atom stereocenters. The van der Waals surface area contributed by atoms with Crippen LogP contribution in [-0.2, 0) is 11.3 Å². The lowest BCUT2D eigenvalue weighted by Gasteiger charge is -2.53. The fourth-order valence-electron chi connectivity index (χ4n) is 3.72. The number of nitrogens with zero attached hydrogens (tertiary/aromatic N) is 2. The van der Waals surface area contributed by atoms with Crippen LogP contribution in [0.25, 0.3) is 0 Å². The van der Waals surface area contributed by atoms with Crippen molar-refractivity contribution in [3.05, 3.63) is 29.6 Å². The van der Waals surface area contributed by atoms with Crippen molar-refractivity contribution in [2.24, 2.45) is 0 Å². The van der Waals surface area contributed by atoms with Gasteiger partial charge in [0.15, 0.2) is 0 Å². The van der Waals surface area contributed by atoms with Gasteiger partial charge in [-0.25, -0.2) is 0 Å². The molecule has 3 fully saturated rings. The van der Waals surface area contributed by atoms with Gasteiger partial charge >= 0.3 is 0 Å². The molecule has 1 aliphatic carbocycles. The van der Waals surface area contributed by atoms with Crippen LogP contribution in [0.2, 0.25) is 0 Å². The molecule has 2 saturated heterocycles. The summed E-state index contributed by atoms with van der Waals surface area (Å²) < 4.78 is 6.62. The number of hydrogen-bond donors (Lipinski definition) is 0. The normalized spacial score (nSPS) is 28.5. The molecule has 0 bridgehead atoms. The Labute approximate surface area is 131 Å². The first-order chi connectivity index (χ1) is 10.2. The highest BCUT2D eigenvalue weighted by Gasteiger charge is 2.51. The van der Waals surface area contributed by atoms with E-state index >= 15 is 0 Å². The van der Waals surface area contributed by atoms with E-state index < -0.39 is 0 Å². The van der Waals surface area contributed by atoms with Crippen molar-refractivity contribution >= 4 is 11.8 Å². The summed E-state index contributed by atoms with van der Waals surface area (Å²) in [5, 5.41) is 0. The maximum Gasteiger partial charge on any atom is 0.0892 e. The van der Waals surface area contributed by atoms with Gasteiger partial charge in [-0.3, -0.25) is 9.88 Å². The quantitative estimate of drug-likeness (QED) is 0.854. The van der Waals surface area contributed by atoms with Crippen molar-refractivity contribution in [2.45, 2.75) is 56.1 Å². The SMILES string of the molecule is Cc1cccc(CO[C@@H]2CSC3(C2)CN(C2CCC2)C3)n1. The average Bonchev–Trinajstić information content (AvgIpc) is 2.79. The van der Waals surface area contributed by atoms with Gasteiger partial charge in [-0.15, -0.1) is 11.8 Å². The third kappa shape index (κ3) is 2.86.